The van der Waals surface area contributed by atoms with Gasteiger partial charge in [-0.25, -0.2) is 13.4 Å². The minimum absolute atomic E-state index is 0.261. The van der Waals surface area contributed by atoms with Gasteiger partial charge in [-0.3, -0.25) is 0 Å². The minimum atomic E-state index is -3.50. The number of alkyl halides is 1. The molecular weight excluding hydrogens is 288 g/mol. The van der Waals surface area contributed by atoms with Crippen molar-refractivity contribution in [1.29, 1.82) is 0 Å². The lowest BCUT2D eigenvalue weighted by molar-refractivity contribution is 0.0272. The molecule has 2 rings (SSSR count). The van der Waals surface area contributed by atoms with E-state index in [2.05, 4.69) is 4.83 Å². The molecule has 1 saturated heterocycles. The molecule has 0 aliphatic carbocycles. The third-order valence-corrected chi connectivity index (χ3v) is 4.46. The number of morpholine rings is 1. The number of halogens is 1. The Hall–Kier alpha value is -0.660. The second-order valence-corrected chi connectivity index (χ2v) is 6.32. The highest BCUT2D eigenvalue weighted by Crippen LogP contribution is 2.12. The summed E-state index contributed by atoms with van der Waals surface area (Å²) in [5.41, 5.74) is 1.03. The predicted molar refractivity (Wildman–Crippen MR) is 73.6 cm³/mol. The highest BCUT2D eigenvalue weighted by atomic mass is 35.5. The Morgan fingerprint density at radius 2 is 1.84 bits per heavy atom. The molecule has 0 saturated carbocycles. The molecule has 1 aliphatic rings. The molecule has 1 heterocycles. The Labute approximate surface area is 118 Å². The molecule has 1 aromatic carbocycles. The molecule has 1 N–H and O–H groups in total. The fourth-order valence-electron chi connectivity index (χ4n) is 1.82. The summed E-state index contributed by atoms with van der Waals surface area (Å²) in [6.45, 7) is 2.20. The molecule has 1 fully saturated rings. The summed E-state index contributed by atoms with van der Waals surface area (Å²) in [5, 5.41) is 1.66. The van der Waals surface area contributed by atoms with Crippen molar-refractivity contribution in [3.8, 4) is 0 Å². The van der Waals surface area contributed by atoms with Gasteiger partial charge in [0.15, 0.2) is 0 Å². The summed E-state index contributed by atoms with van der Waals surface area (Å²) >= 11 is 5.65. The number of nitrogens with one attached hydrogen (secondary N) is 1. The molecule has 0 amide bonds. The SMILES string of the molecule is O=S(=O)(NN1CCOCC1)c1ccc(CCCl)cc1. The Bertz CT molecular complexity index is 498. The zero-order valence-corrected chi connectivity index (χ0v) is 12.1. The number of nitrogens with zero attached hydrogens (tertiary/aromatic N) is 1. The van der Waals surface area contributed by atoms with Gasteiger partial charge in [0.05, 0.1) is 18.1 Å². The van der Waals surface area contributed by atoms with Gasteiger partial charge in [-0.2, -0.15) is 0 Å². The van der Waals surface area contributed by atoms with E-state index in [0.29, 0.717) is 32.2 Å². The number of rotatable bonds is 5. The smallest absolute Gasteiger partial charge is 0.253 e. The minimum Gasteiger partial charge on any atom is -0.379 e. The largest absolute Gasteiger partial charge is 0.379 e. The predicted octanol–water partition coefficient (Wildman–Crippen LogP) is 0.993. The van der Waals surface area contributed by atoms with Gasteiger partial charge < -0.3 is 4.74 Å². The number of aryl methyl sites for hydroxylation is 1. The molecule has 7 heteroatoms. The van der Waals surface area contributed by atoms with Crippen molar-refractivity contribution in [2.45, 2.75) is 11.3 Å². The van der Waals surface area contributed by atoms with E-state index in [4.69, 9.17) is 16.3 Å². The van der Waals surface area contributed by atoms with Crippen LogP contribution in [-0.4, -0.2) is 45.6 Å². The number of ether oxygens (including phenoxy) is 1. The maximum absolute atomic E-state index is 12.1. The van der Waals surface area contributed by atoms with Crippen LogP contribution in [0.1, 0.15) is 5.56 Å². The summed E-state index contributed by atoms with van der Waals surface area (Å²) in [6.07, 6.45) is 0.735. The Morgan fingerprint density at radius 3 is 2.42 bits per heavy atom. The monoisotopic (exact) mass is 304 g/mol. The third kappa shape index (κ3) is 4.15. The molecule has 0 radical (unpaired) electrons. The van der Waals surface area contributed by atoms with Gasteiger partial charge in [0.25, 0.3) is 10.0 Å². The molecule has 0 bridgehead atoms. The fraction of sp³-hybridized carbons (Fsp3) is 0.500. The zero-order chi connectivity index (χ0) is 13.7. The molecule has 0 atom stereocenters. The van der Waals surface area contributed by atoms with E-state index < -0.39 is 10.0 Å². The van der Waals surface area contributed by atoms with Crippen LogP contribution in [0.25, 0.3) is 0 Å². The second kappa shape index (κ2) is 6.67. The molecule has 0 spiro atoms. The third-order valence-electron chi connectivity index (χ3n) is 2.88. The summed E-state index contributed by atoms with van der Waals surface area (Å²) in [5.74, 6) is 0.526. The molecular formula is C12H17ClN2O3S. The van der Waals surface area contributed by atoms with Crippen molar-refractivity contribution in [2.24, 2.45) is 0 Å². The van der Waals surface area contributed by atoms with Crippen LogP contribution in [0.15, 0.2) is 29.2 Å². The average molecular weight is 305 g/mol. The normalized spacial score (nSPS) is 17.5. The van der Waals surface area contributed by atoms with E-state index in [1.165, 1.54) is 0 Å². The molecule has 0 unspecified atom stereocenters. The highest BCUT2D eigenvalue weighted by Gasteiger charge is 2.19. The van der Waals surface area contributed by atoms with Gasteiger partial charge >= 0.3 is 0 Å². The summed E-state index contributed by atoms with van der Waals surface area (Å²) in [6, 6.07) is 6.78. The van der Waals surface area contributed by atoms with E-state index in [0.717, 1.165) is 12.0 Å². The lowest BCUT2D eigenvalue weighted by Gasteiger charge is -2.26. The van der Waals surface area contributed by atoms with Crippen molar-refractivity contribution >= 4 is 21.6 Å². The van der Waals surface area contributed by atoms with Crippen LogP contribution in [0.4, 0.5) is 0 Å². The fourth-order valence-corrected chi connectivity index (χ4v) is 3.16. The van der Waals surface area contributed by atoms with Crippen molar-refractivity contribution in [3.63, 3.8) is 0 Å². The first kappa shape index (κ1) is 14.7. The van der Waals surface area contributed by atoms with Gasteiger partial charge in [-0.1, -0.05) is 12.1 Å². The topological polar surface area (TPSA) is 58.6 Å². The summed E-state index contributed by atoms with van der Waals surface area (Å²) in [4.78, 5) is 2.82. The Balaban J connectivity index is 2.05. The van der Waals surface area contributed by atoms with Crippen LogP contribution >= 0.6 is 11.6 Å². The summed E-state index contributed by atoms with van der Waals surface area (Å²) in [7, 11) is -3.50. The Morgan fingerprint density at radius 1 is 1.21 bits per heavy atom. The van der Waals surface area contributed by atoms with Gasteiger partial charge in [-0.05, 0) is 24.1 Å². The number of hydrogen-bond donors (Lipinski definition) is 1. The van der Waals surface area contributed by atoms with E-state index >= 15 is 0 Å². The van der Waals surface area contributed by atoms with E-state index in [-0.39, 0.29) is 4.90 Å². The maximum Gasteiger partial charge on any atom is 0.253 e. The second-order valence-electron chi connectivity index (χ2n) is 4.28. The zero-order valence-electron chi connectivity index (χ0n) is 10.5. The van der Waals surface area contributed by atoms with Crippen molar-refractivity contribution in [1.82, 2.24) is 9.84 Å². The van der Waals surface area contributed by atoms with Gasteiger partial charge in [0, 0.05) is 19.0 Å². The molecule has 1 aromatic rings. The first-order valence-corrected chi connectivity index (χ1v) is 8.13. The van der Waals surface area contributed by atoms with Crippen LogP contribution in [0, 0.1) is 0 Å². The first-order chi connectivity index (χ1) is 9.12. The van der Waals surface area contributed by atoms with Crippen LogP contribution in [0.3, 0.4) is 0 Å². The average Bonchev–Trinajstić information content (AvgIpc) is 2.40. The van der Waals surface area contributed by atoms with Crippen molar-refractivity contribution < 1.29 is 13.2 Å². The number of hydrazine groups is 1. The van der Waals surface area contributed by atoms with E-state index in [1.54, 1.807) is 29.3 Å². The van der Waals surface area contributed by atoms with Crippen LogP contribution in [-0.2, 0) is 21.2 Å². The standard InChI is InChI=1S/C12H17ClN2O3S/c13-6-5-11-1-3-12(4-2-11)19(16,17)14-15-7-9-18-10-8-15/h1-4,14H,5-10H2. The van der Waals surface area contributed by atoms with Crippen LogP contribution < -0.4 is 4.83 Å². The number of hydrogen-bond acceptors (Lipinski definition) is 4. The van der Waals surface area contributed by atoms with E-state index in [1.807, 2.05) is 0 Å². The molecule has 106 valence electrons. The lowest BCUT2D eigenvalue weighted by atomic mass is 10.2. The summed E-state index contributed by atoms with van der Waals surface area (Å²) < 4.78 is 29.5. The van der Waals surface area contributed by atoms with Crippen LogP contribution in [0.5, 0.6) is 0 Å². The van der Waals surface area contributed by atoms with Crippen LogP contribution in [0.2, 0.25) is 0 Å². The highest BCUT2D eigenvalue weighted by molar-refractivity contribution is 7.89. The first-order valence-electron chi connectivity index (χ1n) is 6.12. The molecule has 1 aliphatic heterocycles. The molecule has 5 nitrogen and oxygen atoms in total. The quantitative estimate of drug-likeness (QED) is 0.824. The molecule has 19 heavy (non-hydrogen) atoms. The molecule has 0 aromatic heterocycles. The maximum atomic E-state index is 12.1. The van der Waals surface area contributed by atoms with Crippen molar-refractivity contribution in [2.75, 3.05) is 32.2 Å². The lowest BCUT2D eigenvalue weighted by Crippen LogP contribution is -2.48. The van der Waals surface area contributed by atoms with Gasteiger partial charge in [-0.15, -0.1) is 16.4 Å². The van der Waals surface area contributed by atoms with Gasteiger partial charge in [0.2, 0.25) is 0 Å². The number of benzene rings is 1. The Kier molecular flexibility index (Phi) is 5.18. The number of sulfonamides is 1. The van der Waals surface area contributed by atoms with Gasteiger partial charge in [0.1, 0.15) is 0 Å². The van der Waals surface area contributed by atoms with E-state index in [9.17, 15) is 8.42 Å². The van der Waals surface area contributed by atoms with Crippen molar-refractivity contribution in [3.05, 3.63) is 29.8 Å².